The van der Waals surface area contributed by atoms with E-state index in [1.807, 2.05) is 36.7 Å². The Morgan fingerprint density at radius 1 is 0.900 bits per heavy atom. The average molecular weight is 474 g/mol. The minimum atomic E-state index is 0.666. The van der Waals surface area contributed by atoms with Gasteiger partial charge in [-0.25, -0.2) is 14.6 Å². The van der Waals surface area contributed by atoms with Gasteiger partial charge in [-0.2, -0.15) is 0 Å². The number of halogens is 1. The van der Waals surface area contributed by atoms with Gasteiger partial charge in [-0.05, 0) is 44.4 Å². The van der Waals surface area contributed by atoms with Crippen molar-refractivity contribution in [2.24, 2.45) is 0 Å². The first-order chi connectivity index (χ1) is 14.8. The van der Waals surface area contributed by atoms with E-state index in [4.69, 9.17) is 0 Å². The van der Waals surface area contributed by atoms with Crippen LogP contribution in [-0.4, -0.2) is 25.0 Å². The Labute approximate surface area is 186 Å². The Hall–Kier alpha value is -3.03. The number of hydrogen-bond donors (Lipinski definition) is 0. The second kappa shape index (κ2) is 8.38. The number of para-hydroxylation sites is 1. The van der Waals surface area contributed by atoms with Crippen molar-refractivity contribution in [3.63, 3.8) is 0 Å². The zero-order chi connectivity index (χ0) is 20.3. The summed E-state index contributed by atoms with van der Waals surface area (Å²) in [4.78, 5) is 8.82. The minimum Gasteiger partial charge on any atom is -0.244 e. The highest BCUT2D eigenvalue weighted by molar-refractivity contribution is 9.10. The van der Waals surface area contributed by atoms with E-state index in [1.165, 1.54) is 10.8 Å². The molecule has 2 heterocycles. The molecular formula is C23H16BrN5S. The predicted octanol–water partition coefficient (Wildman–Crippen LogP) is 5.93. The Balaban J connectivity index is 1.43. The van der Waals surface area contributed by atoms with E-state index in [0.717, 1.165) is 32.0 Å². The van der Waals surface area contributed by atoms with Gasteiger partial charge in [-0.15, -0.1) is 5.10 Å². The minimum absolute atomic E-state index is 0.666. The van der Waals surface area contributed by atoms with Crippen LogP contribution in [0, 0.1) is 0 Å². The quantitative estimate of drug-likeness (QED) is 0.233. The molecule has 5 aromatic rings. The highest BCUT2D eigenvalue weighted by atomic mass is 79.9. The maximum absolute atomic E-state index is 4.55. The molecule has 0 N–H and O–H groups in total. The maximum Gasteiger partial charge on any atom is 0.116 e. The van der Waals surface area contributed by atoms with Crippen LogP contribution in [0.2, 0.25) is 0 Å². The Morgan fingerprint density at radius 2 is 1.73 bits per heavy atom. The molecule has 0 fully saturated rings. The lowest BCUT2D eigenvalue weighted by Crippen LogP contribution is -1.95. The molecule has 0 aliphatic heterocycles. The third-order valence-corrected chi connectivity index (χ3v) is 6.46. The summed E-state index contributed by atoms with van der Waals surface area (Å²) in [5, 5.41) is 11.9. The molecular weight excluding hydrogens is 458 g/mol. The maximum atomic E-state index is 4.55. The van der Waals surface area contributed by atoms with E-state index in [2.05, 4.69) is 78.7 Å². The fraction of sp³-hybridized carbons (Fsp3) is 0.0435. The van der Waals surface area contributed by atoms with Crippen molar-refractivity contribution >= 4 is 38.5 Å². The number of rotatable bonds is 5. The van der Waals surface area contributed by atoms with Crippen LogP contribution in [0.3, 0.4) is 0 Å². The molecule has 0 saturated carbocycles. The summed E-state index contributed by atoms with van der Waals surface area (Å²) < 4.78 is 2.76. The highest BCUT2D eigenvalue weighted by Crippen LogP contribution is 2.35. The number of aromatic nitrogens is 5. The smallest absolute Gasteiger partial charge is 0.116 e. The first-order valence-electron chi connectivity index (χ1n) is 9.37. The van der Waals surface area contributed by atoms with Crippen LogP contribution in [0.15, 0.2) is 94.9 Å². The van der Waals surface area contributed by atoms with E-state index in [-0.39, 0.29) is 0 Å². The van der Waals surface area contributed by atoms with E-state index in [0.29, 0.717) is 5.75 Å². The summed E-state index contributed by atoms with van der Waals surface area (Å²) >= 11 is 5.20. The summed E-state index contributed by atoms with van der Waals surface area (Å²) in [5.41, 5.74) is 4.00. The van der Waals surface area contributed by atoms with Crippen molar-refractivity contribution in [1.29, 1.82) is 0 Å². The van der Waals surface area contributed by atoms with E-state index in [9.17, 15) is 0 Å². The molecule has 0 radical (unpaired) electrons. The molecule has 5 nitrogen and oxygen atoms in total. The van der Waals surface area contributed by atoms with Crippen molar-refractivity contribution in [2.45, 2.75) is 10.8 Å². The van der Waals surface area contributed by atoms with E-state index in [1.54, 1.807) is 22.8 Å². The van der Waals surface area contributed by atoms with Gasteiger partial charge in [0.05, 0.1) is 17.6 Å². The van der Waals surface area contributed by atoms with Gasteiger partial charge >= 0.3 is 0 Å². The number of fused-ring (bicyclic) bond motifs is 1. The molecule has 3 aromatic carbocycles. The van der Waals surface area contributed by atoms with Crippen LogP contribution >= 0.6 is 27.7 Å². The monoisotopic (exact) mass is 473 g/mol. The third kappa shape index (κ3) is 3.74. The van der Waals surface area contributed by atoms with Crippen LogP contribution in [0.25, 0.3) is 27.6 Å². The molecule has 0 spiro atoms. The predicted molar refractivity (Wildman–Crippen MR) is 124 cm³/mol. The normalized spacial score (nSPS) is 11.1. The summed E-state index contributed by atoms with van der Waals surface area (Å²) in [5.74, 6) is 0.666. The highest BCUT2D eigenvalue weighted by Gasteiger charge is 2.12. The molecule has 0 unspecified atom stereocenters. The molecule has 0 aliphatic rings. The lowest BCUT2D eigenvalue weighted by Gasteiger charge is -2.10. The fourth-order valence-corrected chi connectivity index (χ4v) is 4.66. The van der Waals surface area contributed by atoms with Crippen molar-refractivity contribution in [1.82, 2.24) is 25.0 Å². The molecule has 5 rings (SSSR count). The summed E-state index contributed by atoms with van der Waals surface area (Å²) in [6.07, 6.45) is 5.43. The molecule has 146 valence electrons. The number of nitrogens with zero attached hydrogens (tertiary/aromatic N) is 5. The molecule has 2 aromatic heterocycles. The lowest BCUT2D eigenvalue weighted by molar-refractivity contribution is 0.797. The van der Waals surface area contributed by atoms with Crippen molar-refractivity contribution < 1.29 is 0 Å². The SMILES string of the molecule is Brc1ccccc1-n1cc(CSc2ncncc2-c2cccc3ccccc23)nn1. The van der Waals surface area contributed by atoms with Crippen LogP contribution in [-0.2, 0) is 5.75 Å². The fourth-order valence-electron chi connectivity index (χ4n) is 3.34. The molecule has 0 aliphatic carbocycles. The number of thioether (sulfide) groups is 1. The Kier molecular flexibility index (Phi) is 5.29. The van der Waals surface area contributed by atoms with Crippen molar-refractivity contribution in [3.05, 3.63) is 95.6 Å². The standard InChI is InChI=1S/C23H16BrN5S/c24-21-10-3-4-11-22(21)29-13-17(27-28-29)14-30-23-20(12-25-15-26-23)19-9-5-7-16-6-1-2-8-18(16)19/h1-13,15H,14H2. The van der Waals surface area contributed by atoms with Crippen LogP contribution < -0.4 is 0 Å². The summed E-state index contributed by atoms with van der Waals surface area (Å²) in [7, 11) is 0. The lowest BCUT2D eigenvalue weighted by atomic mass is 10.0. The average Bonchev–Trinajstić information content (AvgIpc) is 3.27. The van der Waals surface area contributed by atoms with E-state index < -0.39 is 0 Å². The first-order valence-corrected chi connectivity index (χ1v) is 11.1. The van der Waals surface area contributed by atoms with Gasteiger partial charge in [0, 0.05) is 22.0 Å². The Morgan fingerprint density at radius 3 is 2.67 bits per heavy atom. The van der Waals surface area contributed by atoms with Gasteiger partial charge in [0.25, 0.3) is 0 Å². The zero-order valence-electron chi connectivity index (χ0n) is 15.8. The summed E-state index contributed by atoms with van der Waals surface area (Å²) in [6, 6.07) is 22.6. The van der Waals surface area contributed by atoms with Gasteiger partial charge in [0.1, 0.15) is 11.4 Å². The Bertz CT molecular complexity index is 1330. The molecule has 30 heavy (non-hydrogen) atoms. The second-order valence-corrected chi connectivity index (χ2v) is 8.48. The van der Waals surface area contributed by atoms with Gasteiger partial charge in [0.15, 0.2) is 0 Å². The topological polar surface area (TPSA) is 56.5 Å². The number of hydrogen-bond acceptors (Lipinski definition) is 5. The van der Waals surface area contributed by atoms with Gasteiger partial charge < -0.3 is 0 Å². The van der Waals surface area contributed by atoms with Gasteiger partial charge in [0.2, 0.25) is 0 Å². The van der Waals surface area contributed by atoms with Gasteiger partial charge in [-0.3, -0.25) is 0 Å². The summed E-state index contributed by atoms with van der Waals surface area (Å²) in [6.45, 7) is 0. The largest absolute Gasteiger partial charge is 0.244 e. The third-order valence-electron chi connectivity index (χ3n) is 4.75. The molecule has 0 atom stereocenters. The van der Waals surface area contributed by atoms with Gasteiger partial charge in [-0.1, -0.05) is 71.6 Å². The molecule has 0 bridgehead atoms. The van der Waals surface area contributed by atoms with E-state index >= 15 is 0 Å². The van der Waals surface area contributed by atoms with Crippen LogP contribution in [0.1, 0.15) is 5.69 Å². The first kappa shape index (κ1) is 19.0. The number of benzene rings is 3. The van der Waals surface area contributed by atoms with Crippen LogP contribution in [0.4, 0.5) is 0 Å². The molecule has 0 amide bonds. The second-order valence-electron chi connectivity index (χ2n) is 6.66. The molecule has 0 saturated heterocycles. The molecule has 7 heteroatoms. The van der Waals surface area contributed by atoms with Crippen LogP contribution in [0.5, 0.6) is 0 Å². The van der Waals surface area contributed by atoms with Crippen molar-refractivity contribution in [2.75, 3.05) is 0 Å². The van der Waals surface area contributed by atoms with Crippen molar-refractivity contribution in [3.8, 4) is 16.8 Å². The zero-order valence-corrected chi connectivity index (χ0v) is 18.2.